The van der Waals surface area contributed by atoms with E-state index in [1.54, 1.807) is 7.05 Å². The van der Waals surface area contributed by atoms with Crippen molar-refractivity contribution in [3.05, 3.63) is 0 Å². The third kappa shape index (κ3) is 5.72. The van der Waals surface area contributed by atoms with Crippen LogP contribution < -0.4 is 5.32 Å². The zero-order valence-corrected chi connectivity index (χ0v) is 11.5. The lowest BCUT2D eigenvalue weighted by Gasteiger charge is -2.32. The van der Waals surface area contributed by atoms with Crippen molar-refractivity contribution in [2.45, 2.75) is 11.8 Å². The first-order valence-corrected chi connectivity index (χ1v) is 7.11. The fourth-order valence-corrected chi connectivity index (χ4v) is 2.68. The van der Waals surface area contributed by atoms with E-state index in [0.717, 1.165) is 44.9 Å². The first-order valence-electron chi connectivity index (χ1n) is 6.06. The predicted octanol–water partition coefficient (Wildman–Crippen LogP) is -0.0128. The van der Waals surface area contributed by atoms with Gasteiger partial charge >= 0.3 is 5.97 Å². The van der Waals surface area contributed by atoms with Crippen LogP contribution in [0.1, 0.15) is 6.42 Å². The Kier molecular flexibility index (Phi) is 6.87. The highest BCUT2D eigenvalue weighted by Gasteiger charge is 2.16. The molecule has 0 aromatic carbocycles. The van der Waals surface area contributed by atoms with Crippen LogP contribution in [0.5, 0.6) is 0 Å². The lowest BCUT2D eigenvalue weighted by Crippen LogP contribution is -2.44. The molecule has 1 rings (SSSR count). The van der Waals surface area contributed by atoms with Gasteiger partial charge < -0.3 is 14.9 Å². The summed E-state index contributed by atoms with van der Waals surface area (Å²) in [6.07, 6.45) is 1.06. The summed E-state index contributed by atoms with van der Waals surface area (Å²) in [5.74, 6) is 0.113. The van der Waals surface area contributed by atoms with Crippen LogP contribution in [-0.4, -0.2) is 78.8 Å². The topological polar surface area (TPSA) is 55.8 Å². The van der Waals surface area contributed by atoms with Gasteiger partial charge in [-0.25, -0.2) is 4.79 Å². The molecule has 1 saturated heterocycles. The summed E-state index contributed by atoms with van der Waals surface area (Å²) in [5, 5.41) is 11.2. The SMILES string of the molecule is CN[C@H](SCCCN1CCN(C)CC1)C(=O)O. The molecule has 0 saturated carbocycles. The quantitative estimate of drug-likeness (QED) is 0.496. The molecular formula is C11H23N3O2S. The minimum absolute atomic E-state index is 0.470. The fraction of sp³-hybridized carbons (Fsp3) is 0.909. The highest BCUT2D eigenvalue weighted by atomic mass is 32.2. The van der Waals surface area contributed by atoms with Crippen molar-refractivity contribution in [2.24, 2.45) is 0 Å². The summed E-state index contributed by atoms with van der Waals surface area (Å²) in [4.78, 5) is 15.6. The lowest BCUT2D eigenvalue weighted by atomic mass is 10.3. The van der Waals surface area contributed by atoms with E-state index in [-0.39, 0.29) is 0 Å². The number of aliphatic carboxylic acids is 1. The molecule has 1 fully saturated rings. The second-order valence-electron chi connectivity index (χ2n) is 4.38. The first-order chi connectivity index (χ1) is 8.13. The van der Waals surface area contributed by atoms with E-state index in [4.69, 9.17) is 5.11 Å². The molecule has 100 valence electrons. The van der Waals surface area contributed by atoms with Crippen LogP contribution >= 0.6 is 11.8 Å². The molecule has 0 unspecified atom stereocenters. The van der Waals surface area contributed by atoms with Gasteiger partial charge in [-0.1, -0.05) is 0 Å². The molecule has 2 N–H and O–H groups in total. The summed E-state index contributed by atoms with van der Waals surface area (Å²) in [7, 11) is 3.84. The van der Waals surface area contributed by atoms with Crippen LogP contribution in [0.4, 0.5) is 0 Å². The molecule has 1 aliphatic rings. The molecule has 1 aliphatic heterocycles. The highest BCUT2D eigenvalue weighted by molar-refractivity contribution is 8.00. The van der Waals surface area contributed by atoms with E-state index in [9.17, 15) is 4.79 Å². The number of rotatable bonds is 7. The Bertz CT molecular complexity index is 233. The van der Waals surface area contributed by atoms with Crippen LogP contribution in [0.15, 0.2) is 0 Å². The van der Waals surface area contributed by atoms with Gasteiger partial charge in [0, 0.05) is 26.2 Å². The number of likely N-dealkylation sites (N-methyl/N-ethyl adjacent to an activating group) is 2. The third-order valence-electron chi connectivity index (χ3n) is 2.99. The van der Waals surface area contributed by atoms with Crippen molar-refractivity contribution >= 4 is 17.7 Å². The molecule has 0 aromatic heterocycles. The van der Waals surface area contributed by atoms with Crippen molar-refractivity contribution in [1.82, 2.24) is 15.1 Å². The number of hydrogen-bond donors (Lipinski definition) is 2. The van der Waals surface area contributed by atoms with Gasteiger partial charge in [0.15, 0.2) is 5.37 Å². The summed E-state index contributed by atoms with van der Waals surface area (Å²) in [6.45, 7) is 5.63. The molecule has 17 heavy (non-hydrogen) atoms. The summed E-state index contributed by atoms with van der Waals surface area (Å²) in [5.41, 5.74) is 0. The standard InChI is InChI=1S/C11H23N3O2S/c1-12-10(11(15)16)17-9-3-4-14-7-5-13(2)6-8-14/h10,12H,3-9H2,1-2H3,(H,15,16)/t10-/m1/s1. The number of nitrogens with zero attached hydrogens (tertiary/aromatic N) is 2. The Balaban J connectivity index is 2.05. The van der Waals surface area contributed by atoms with Gasteiger partial charge in [0.05, 0.1) is 0 Å². The highest BCUT2D eigenvalue weighted by Crippen LogP contribution is 2.10. The van der Waals surface area contributed by atoms with E-state index < -0.39 is 11.3 Å². The van der Waals surface area contributed by atoms with Gasteiger partial charge in [-0.2, -0.15) is 0 Å². The van der Waals surface area contributed by atoms with Gasteiger partial charge in [-0.3, -0.25) is 5.32 Å². The molecule has 0 aliphatic carbocycles. The predicted molar refractivity (Wildman–Crippen MR) is 71.5 cm³/mol. The Hall–Kier alpha value is -0.300. The molecule has 0 spiro atoms. The zero-order chi connectivity index (χ0) is 12.7. The molecular weight excluding hydrogens is 238 g/mol. The van der Waals surface area contributed by atoms with E-state index >= 15 is 0 Å². The Morgan fingerprint density at radius 1 is 1.41 bits per heavy atom. The smallest absolute Gasteiger partial charge is 0.331 e. The van der Waals surface area contributed by atoms with Crippen molar-refractivity contribution in [3.63, 3.8) is 0 Å². The molecule has 0 radical (unpaired) electrons. The number of piperazine rings is 1. The third-order valence-corrected chi connectivity index (χ3v) is 4.28. The average Bonchev–Trinajstić information content (AvgIpc) is 2.31. The normalized spacial score (nSPS) is 20.4. The van der Waals surface area contributed by atoms with Crippen molar-refractivity contribution < 1.29 is 9.90 Å². The lowest BCUT2D eigenvalue weighted by molar-refractivity contribution is -0.136. The fourth-order valence-electron chi connectivity index (χ4n) is 1.84. The number of carboxylic acids is 1. The van der Waals surface area contributed by atoms with Crippen molar-refractivity contribution in [1.29, 1.82) is 0 Å². The van der Waals surface area contributed by atoms with Crippen LogP contribution in [0.25, 0.3) is 0 Å². The van der Waals surface area contributed by atoms with Gasteiger partial charge in [0.2, 0.25) is 0 Å². The number of carboxylic acid groups (broad SMARTS) is 1. The second-order valence-corrected chi connectivity index (χ2v) is 5.59. The van der Waals surface area contributed by atoms with Crippen LogP contribution in [-0.2, 0) is 4.79 Å². The van der Waals surface area contributed by atoms with Gasteiger partial charge in [0.25, 0.3) is 0 Å². The van der Waals surface area contributed by atoms with Crippen LogP contribution in [0.2, 0.25) is 0 Å². The minimum Gasteiger partial charge on any atom is -0.479 e. The maximum atomic E-state index is 10.8. The maximum absolute atomic E-state index is 10.8. The Morgan fingerprint density at radius 3 is 2.59 bits per heavy atom. The number of nitrogens with one attached hydrogen (secondary N) is 1. The number of hydrogen-bond acceptors (Lipinski definition) is 5. The van der Waals surface area contributed by atoms with E-state index in [1.165, 1.54) is 11.8 Å². The average molecular weight is 261 g/mol. The summed E-state index contributed by atoms with van der Waals surface area (Å²) < 4.78 is 0. The molecule has 1 atom stereocenters. The first kappa shape index (κ1) is 14.8. The molecule has 1 heterocycles. The molecule has 0 aromatic rings. The van der Waals surface area contributed by atoms with Crippen molar-refractivity contribution in [2.75, 3.05) is 52.6 Å². The summed E-state index contributed by atoms with van der Waals surface area (Å²) in [6, 6.07) is 0. The van der Waals surface area contributed by atoms with Gasteiger partial charge in [0.1, 0.15) is 0 Å². The second kappa shape index (κ2) is 7.92. The zero-order valence-electron chi connectivity index (χ0n) is 10.7. The van der Waals surface area contributed by atoms with Gasteiger partial charge in [-0.05, 0) is 32.8 Å². The molecule has 0 bridgehead atoms. The Morgan fingerprint density at radius 2 is 2.06 bits per heavy atom. The van der Waals surface area contributed by atoms with E-state index in [0.29, 0.717) is 0 Å². The van der Waals surface area contributed by atoms with E-state index in [2.05, 4.69) is 22.2 Å². The van der Waals surface area contributed by atoms with Gasteiger partial charge in [-0.15, -0.1) is 11.8 Å². The monoisotopic (exact) mass is 261 g/mol. The van der Waals surface area contributed by atoms with E-state index in [1.807, 2.05) is 0 Å². The Labute approximate surface area is 108 Å². The number of thioether (sulfide) groups is 1. The maximum Gasteiger partial charge on any atom is 0.331 e. The summed E-state index contributed by atoms with van der Waals surface area (Å²) >= 11 is 1.47. The molecule has 5 nitrogen and oxygen atoms in total. The largest absolute Gasteiger partial charge is 0.479 e. The van der Waals surface area contributed by atoms with Crippen molar-refractivity contribution in [3.8, 4) is 0 Å². The minimum atomic E-state index is -0.780. The number of carbonyl (C=O) groups is 1. The molecule has 0 amide bonds. The molecule has 6 heteroatoms. The van der Waals surface area contributed by atoms with Crippen LogP contribution in [0.3, 0.4) is 0 Å². The van der Waals surface area contributed by atoms with Crippen LogP contribution in [0, 0.1) is 0 Å².